The minimum absolute atomic E-state index is 0.662. The van der Waals surface area contributed by atoms with Gasteiger partial charge in [0.05, 0.1) is 11.6 Å². The molecule has 11 rings (SSSR count). The van der Waals surface area contributed by atoms with E-state index in [2.05, 4.69) is 182 Å². The average Bonchev–Trinajstić information content (AvgIpc) is 3.60. The van der Waals surface area contributed by atoms with Gasteiger partial charge in [0.25, 0.3) is 0 Å². The number of fused-ring (bicyclic) bond motifs is 5. The minimum Gasteiger partial charge on any atom is -0.192 e. The van der Waals surface area contributed by atoms with Crippen LogP contribution in [0.2, 0.25) is 0 Å². The van der Waals surface area contributed by atoms with Crippen molar-refractivity contribution in [3.05, 3.63) is 206 Å². The van der Waals surface area contributed by atoms with Crippen molar-refractivity contribution in [2.45, 2.75) is 0 Å². The fraction of sp³-hybridized carbons (Fsp3) is 0. The van der Waals surface area contributed by atoms with Gasteiger partial charge in [-0.2, -0.15) is 5.26 Å². The Hall–Kier alpha value is -7.53. The van der Waals surface area contributed by atoms with E-state index in [4.69, 9.17) is 0 Å². The minimum atomic E-state index is 0.662. The molecule has 0 saturated heterocycles. The lowest BCUT2D eigenvalue weighted by atomic mass is 9.82. The summed E-state index contributed by atoms with van der Waals surface area (Å²) in [7, 11) is 0. The molecule has 0 aliphatic heterocycles. The van der Waals surface area contributed by atoms with Gasteiger partial charge in [0.15, 0.2) is 0 Å². The third kappa shape index (κ3) is 4.80. The summed E-state index contributed by atoms with van der Waals surface area (Å²) in [5.41, 5.74) is 17.9. The molecule has 0 atom stereocenters. The van der Waals surface area contributed by atoms with Gasteiger partial charge < -0.3 is 0 Å². The van der Waals surface area contributed by atoms with Gasteiger partial charge in [0.1, 0.15) is 0 Å². The van der Waals surface area contributed by atoms with E-state index in [-0.39, 0.29) is 0 Å². The number of nitriles is 1. The molecule has 0 radical (unpaired) electrons. The first-order valence-electron chi connectivity index (χ1n) is 19.2. The molecule has 0 unspecified atom stereocenters. The van der Waals surface area contributed by atoms with Crippen LogP contribution in [0, 0.1) is 11.3 Å². The molecule has 258 valence electrons. The van der Waals surface area contributed by atoms with Crippen molar-refractivity contribution in [3.8, 4) is 84.0 Å². The summed E-state index contributed by atoms with van der Waals surface area (Å²) in [6, 6.07) is 74.6. The highest BCUT2D eigenvalue weighted by molar-refractivity contribution is 6.29. The highest BCUT2D eigenvalue weighted by Gasteiger charge is 2.31. The Kier molecular flexibility index (Phi) is 7.31. The van der Waals surface area contributed by atoms with Crippen molar-refractivity contribution in [3.63, 3.8) is 0 Å². The van der Waals surface area contributed by atoms with E-state index in [0.717, 1.165) is 11.1 Å². The van der Waals surface area contributed by atoms with Crippen LogP contribution >= 0.6 is 0 Å². The lowest BCUT2D eigenvalue weighted by Crippen LogP contribution is -1.93. The summed E-state index contributed by atoms with van der Waals surface area (Å²) >= 11 is 0. The maximum absolute atomic E-state index is 9.42. The smallest absolute Gasteiger partial charge is 0.0991 e. The molecule has 0 bridgehead atoms. The van der Waals surface area contributed by atoms with E-state index in [1.54, 1.807) is 0 Å². The van der Waals surface area contributed by atoms with Crippen molar-refractivity contribution in [1.82, 2.24) is 0 Å². The van der Waals surface area contributed by atoms with Gasteiger partial charge in [-0.15, -0.1) is 0 Å². The van der Waals surface area contributed by atoms with E-state index in [9.17, 15) is 5.26 Å². The van der Waals surface area contributed by atoms with E-state index < -0.39 is 0 Å². The van der Waals surface area contributed by atoms with Crippen LogP contribution in [0.3, 0.4) is 0 Å². The molecule has 0 saturated carbocycles. The van der Waals surface area contributed by atoms with Gasteiger partial charge in [-0.25, -0.2) is 0 Å². The zero-order valence-electron chi connectivity index (χ0n) is 30.5. The van der Waals surface area contributed by atoms with Gasteiger partial charge in [-0.3, -0.25) is 0 Å². The van der Waals surface area contributed by atoms with Crippen LogP contribution < -0.4 is 0 Å². The Bertz CT molecular complexity index is 3130. The second kappa shape index (κ2) is 12.8. The van der Waals surface area contributed by atoms with Crippen LogP contribution in [0.4, 0.5) is 0 Å². The van der Waals surface area contributed by atoms with Crippen LogP contribution in [-0.4, -0.2) is 0 Å². The molecule has 0 fully saturated rings. The van der Waals surface area contributed by atoms with Gasteiger partial charge in [-0.05, 0) is 122 Å². The summed E-state index contributed by atoms with van der Waals surface area (Å²) in [5.74, 6) is 0. The molecule has 0 aromatic heterocycles. The quantitative estimate of drug-likeness (QED) is 0.175. The maximum Gasteiger partial charge on any atom is 0.0991 e. The Balaban J connectivity index is 1.17. The first-order chi connectivity index (χ1) is 27.8. The van der Waals surface area contributed by atoms with E-state index in [1.165, 1.54) is 99.1 Å². The number of hydrogen-bond donors (Lipinski definition) is 0. The number of rotatable bonds is 5. The Labute approximate surface area is 326 Å². The van der Waals surface area contributed by atoms with Crippen LogP contribution in [-0.2, 0) is 0 Å². The highest BCUT2D eigenvalue weighted by Crippen LogP contribution is 2.58. The van der Waals surface area contributed by atoms with Crippen LogP contribution in [0.1, 0.15) is 5.56 Å². The van der Waals surface area contributed by atoms with E-state index in [0.29, 0.717) is 5.56 Å². The molecule has 10 aromatic rings. The molecular formula is C55H33N. The van der Waals surface area contributed by atoms with Crippen molar-refractivity contribution in [1.29, 1.82) is 5.26 Å². The SMILES string of the molecule is N#Cc1ccc(-c2ccccc2-c2ccc(-c3ccc4c5c(cccc35)-c3c-4c(-c4ccccc4)c4ccccc4c3-c3ccccc3)c3ccccc23)cc1. The molecule has 0 amide bonds. The first kappa shape index (κ1) is 31.9. The molecule has 0 spiro atoms. The molecule has 1 aliphatic carbocycles. The summed E-state index contributed by atoms with van der Waals surface area (Å²) in [4.78, 5) is 0. The van der Waals surface area contributed by atoms with Gasteiger partial charge in [0, 0.05) is 0 Å². The van der Waals surface area contributed by atoms with Gasteiger partial charge in [0.2, 0.25) is 0 Å². The van der Waals surface area contributed by atoms with Gasteiger partial charge in [-0.1, -0.05) is 188 Å². The molecule has 0 N–H and O–H groups in total. The molecule has 1 heteroatoms. The maximum atomic E-state index is 9.42. The largest absolute Gasteiger partial charge is 0.192 e. The number of hydrogen-bond acceptors (Lipinski definition) is 1. The molecule has 0 heterocycles. The predicted octanol–water partition coefficient (Wildman–Crippen LogP) is 15.0. The summed E-state index contributed by atoms with van der Waals surface area (Å²) < 4.78 is 0. The molecule has 1 nitrogen and oxygen atoms in total. The van der Waals surface area contributed by atoms with Gasteiger partial charge >= 0.3 is 0 Å². The van der Waals surface area contributed by atoms with Crippen molar-refractivity contribution in [2.24, 2.45) is 0 Å². The summed E-state index contributed by atoms with van der Waals surface area (Å²) in [6.45, 7) is 0. The predicted molar refractivity (Wildman–Crippen MR) is 235 cm³/mol. The zero-order valence-corrected chi connectivity index (χ0v) is 30.5. The first-order valence-corrected chi connectivity index (χ1v) is 19.2. The third-order valence-electron chi connectivity index (χ3n) is 11.7. The second-order valence-electron chi connectivity index (χ2n) is 14.6. The number of benzene rings is 10. The van der Waals surface area contributed by atoms with Crippen LogP contribution in [0.15, 0.2) is 200 Å². The van der Waals surface area contributed by atoms with Crippen molar-refractivity contribution in [2.75, 3.05) is 0 Å². The molecule has 10 aromatic carbocycles. The summed E-state index contributed by atoms with van der Waals surface area (Å²) in [5, 5.41) is 17.0. The standard InChI is InChI=1S/C55H33N/c56-34-35-26-28-36(29-27-35)39-18-7-8-19-40(39)43-30-31-44(42-21-10-9-20-41(42)43)45-32-33-50-53-46(45)24-13-25-49(53)54-51(37-14-3-1-4-15-37)47-22-11-12-23-48(47)52(55(50)54)38-16-5-2-6-17-38/h1-33H. The number of nitrogens with zero attached hydrogens (tertiary/aromatic N) is 1. The monoisotopic (exact) mass is 707 g/mol. The molecular weight excluding hydrogens is 675 g/mol. The van der Waals surface area contributed by atoms with E-state index >= 15 is 0 Å². The fourth-order valence-electron chi connectivity index (χ4n) is 9.31. The van der Waals surface area contributed by atoms with E-state index in [1.807, 2.05) is 24.3 Å². The van der Waals surface area contributed by atoms with Crippen LogP contribution in [0.5, 0.6) is 0 Å². The third-order valence-corrected chi connectivity index (χ3v) is 11.7. The lowest BCUT2D eigenvalue weighted by Gasteiger charge is -2.20. The van der Waals surface area contributed by atoms with Crippen molar-refractivity contribution < 1.29 is 0 Å². The van der Waals surface area contributed by atoms with Crippen molar-refractivity contribution >= 4 is 32.3 Å². The average molecular weight is 708 g/mol. The Morgan fingerprint density at radius 2 is 0.661 bits per heavy atom. The zero-order chi connectivity index (χ0) is 37.2. The Morgan fingerprint density at radius 3 is 1.23 bits per heavy atom. The topological polar surface area (TPSA) is 23.8 Å². The lowest BCUT2D eigenvalue weighted by molar-refractivity contribution is 1.48. The fourth-order valence-corrected chi connectivity index (χ4v) is 9.31. The highest BCUT2D eigenvalue weighted by atomic mass is 14.3. The second-order valence-corrected chi connectivity index (χ2v) is 14.6. The Morgan fingerprint density at radius 1 is 0.250 bits per heavy atom. The molecule has 1 aliphatic rings. The molecule has 56 heavy (non-hydrogen) atoms. The summed E-state index contributed by atoms with van der Waals surface area (Å²) in [6.07, 6.45) is 0. The normalized spacial score (nSPS) is 11.6. The van der Waals surface area contributed by atoms with Crippen LogP contribution in [0.25, 0.3) is 110 Å².